The van der Waals surface area contributed by atoms with Crippen LogP contribution in [0.2, 0.25) is 5.02 Å². The molecule has 0 unspecified atom stereocenters. The van der Waals surface area contributed by atoms with Crippen LogP contribution in [0, 0.1) is 21.4 Å². The molecule has 0 atom stereocenters. The van der Waals surface area contributed by atoms with Crippen molar-refractivity contribution in [2.45, 2.75) is 6.61 Å². The van der Waals surface area contributed by atoms with E-state index < -0.39 is 4.92 Å². The Kier molecular flexibility index (Phi) is 4.18. The molecule has 0 aliphatic rings. The summed E-state index contributed by atoms with van der Waals surface area (Å²) in [4.78, 5) is 10.1. The smallest absolute Gasteiger partial charge is 0.270 e. The molecule has 0 saturated heterocycles. The van der Waals surface area contributed by atoms with Crippen LogP contribution in [0.1, 0.15) is 11.1 Å². The summed E-state index contributed by atoms with van der Waals surface area (Å²) in [6, 6.07) is 12.9. The van der Waals surface area contributed by atoms with E-state index in [1.54, 1.807) is 30.3 Å². The van der Waals surface area contributed by atoms with Crippen molar-refractivity contribution in [1.82, 2.24) is 0 Å². The maximum Gasteiger partial charge on any atom is 0.270 e. The first kappa shape index (κ1) is 13.8. The lowest BCUT2D eigenvalue weighted by Crippen LogP contribution is -1.97. The Hall–Kier alpha value is -2.58. The predicted molar refractivity (Wildman–Crippen MR) is 73.6 cm³/mol. The van der Waals surface area contributed by atoms with Gasteiger partial charge in [-0.2, -0.15) is 5.26 Å². The molecule has 0 bridgehead atoms. The average Bonchev–Trinajstić information content (AvgIpc) is 2.46. The molecule has 2 aromatic carbocycles. The molecule has 20 heavy (non-hydrogen) atoms. The van der Waals surface area contributed by atoms with Crippen molar-refractivity contribution in [3.63, 3.8) is 0 Å². The topological polar surface area (TPSA) is 76.2 Å². The van der Waals surface area contributed by atoms with Gasteiger partial charge in [0, 0.05) is 17.7 Å². The highest BCUT2D eigenvalue weighted by atomic mass is 35.5. The molecule has 2 aromatic rings. The Balaban J connectivity index is 2.11. The van der Waals surface area contributed by atoms with Crippen LogP contribution in [-0.2, 0) is 6.61 Å². The van der Waals surface area contributed by atoms with E-state index in [-0.39, 0.29) is 17.3 Å². The van der Waals surface area contributed by atoms with Gasteiger partial charge in [0.1, 0.15) is 12.4 Å². The molecule has 0 fully saturated rings. The highest BCUT2D eigenvalue weighted by Gasteiger charge is 2.09. The number of nitro groups is 1. The number of rotatable bonds is 4. The van der Waals surface area contributed by atoms with Gasteiger partial charge in [0.05, 0.1) is 21.6 Å². The van der Waals surface area contributed by atoms with Crippen LogP contribution in [0.5, 0.6) is 5.75 Å². The van der Waals surface area contributed by atoms with E-state index in [9.17, 15) is 10.1 Å². The molecule has 0 aliphatic heterocycles. The van der Waals surface area contributed by atoms with Gasteiger partial charge in [0.15, 0.2) is 0 Å². The maximum absolute atomic E-state index is 10.6. The van der Waals surface area contributed by atoms with Gasteiger partial charge in [-0.1, -0.05) is 17.7 Å². The highest BCUT2D eigenvalue weighted by molar-refractivity contribution is 6.31. The van der Waals surface area contributed by atoms with Gasteiger partial charge < -0.3 is 4.74 Å². The zero-order chi connectivity index (χ0) is 14.5. The van der Waals surface area contributed by atoms with Gasteiger partial charge in [-0.25, -0.2) is 0 Å². The van der Waals surface area contributed by atoms with Crippen molar-refractivity contribution in [3.8, 4) is 11.8 Å². The summed E-state index contributed by atoms with van der Waals surface area (Å²) < 4.78 is 5.51. The van der Waals surface area contributed by atoms with Crippen LogP contribution in [0.4, 0.5) is 5.69 Å². The maximum atomic E-state index is 10.6. The van der Waals surface area contributed by atoms with Crippen LogP contribution in [-0.4, -0.2) is 4.92 Å². The van der Waals surface area contributed by atoms with Gasteiger partial charge in [-0.05, 0) is 24.3 Å². The quantitative estimate of drug-likeness (QED) is 0.635. The Morgan fingerprint density at radius 1 is 1.30 bits per heavy atom. The normalized spacial score (nSPS) is 9.80. The SMILES string of the molecule is N#Cc1cccc(OCc2ccc([N+](=O)[O-])cc2Cl)c1. The first-order valence-electron chi connectivity index (χ1n) is 5.66. The van der Waals surface area contributed by atoms with Crippen LogP contribution >= 0.6 is 11.6 Å². The lowest BCUT2D eigenvalue weighted by molar-refractivity contribution is -0.384. The molecule has 5 nitrogen and oxygen atoms in total. The van der Waals surface area contributed by atoms with Crippen LogP contribution < -0.4 is 4.74 Å². The molecule has 0 aliphatic carbocycles. The molecule has 0 saturated carbocycles. The number of nitrogens with zero attached hydrogens (tertiary/aromatic N) is 2. The average molecular weight is 289 g/mol. The summed E-state index contributed by atoms with van der Waals surface area (Å²) in [5, 5.41) is 19.7. The number of nitriles is 1. The van der Waals surface area contributed by atoms with Crippen molar-refractivity contribution in [2.75, 3.05) is 0 Å². The second kappa shape index (κ2) is 6.04. The third-order valence-corrected chi connectivity index (χ3v) is 2.96. The number of halogens is 1. The Morgan fingerprint density at radius 2 is 2.10 bits per heavy atom. The summed E-state index contributed by atoms with van der Waals surface area (Å²) in [5.41, 5.74) is 1.07. The standard InChI is InChI=1S/C14H9ClN2O3/c15-14-7-12(17(18)19)5-4-11(14)9-20-13-3-1-2-10(6-13)8-16/h1-7H,9H2. The molecule has 2 rings (SSSR count). The second-order valence-electron chi connectivity index (χ2n) is 3.96. The van der Waals surface area contributed by atoms with Crippen molar-refractivity contribution in [1.29, 1.82) is 5.26 Å². The summed E-state index contributed by atoms with van der Waals surface area (Å²) in [5.74, 6) is 0.540. The van der Waals surface area contributed by atoms with E-state index >= 15 is 0 Å². The van der Waals surface area contributed by atoms with E-state index in [2.05, 4.69) is 0 Å². The minimum absolute atomic E-state index is 0.0646. The number of hydrogen-bond acceptors (Lipinski definition) is 4. The fourth-order valence-corrected chi connectivity index (χ4v) is 1.81. The molecule has 0 heterocycles. The van der Waals surface area contributed by atoms with Crippen molar-refractivity contribution in [3.05, 3.63) is 68.7 Å². The van der Waals surface area contributed by atoms with Crippen molar-refractivity contribution in [2.24, 2.45) is 0 Å². The molecular weight excluding hydrogens is 280 g/mol. The van der Waals surface area contributed by atoms with Gasteiger partial charge >= 0.3 is 0 Å². The summed E-state index contributed by atoms with van der Waals surface area (Å²) >= 11 is 5.96. The Labute approximate surface area is 120 Å². The number of benzene rings is 2. The van der Waals surface area contributed by atoms with E-state index in [0.29, 0.717) is 16.9 Å². The minimum Gasteiger partial charge on any atom is -0.489 e. The fraction of sp³-hybridized carbons (Fsp3) is 0.0714. The molecule has 6 heteroatoms. The zero-order valence-corrected chi connectivity index (χ0v) is 11.0. The van der Waals surface area contributed by atoms with Gasteiger partial charge in [0.2, 0.25) is 0 Å². The predicted octanol–water partition coefficient (Wildman–Crippen LogP) is 3.70. The second-order valence-corrected chi connectivity index (χ2v) is 4.37. The van der Waals surface area contributed by atoms with Gasteiger partial charge in [-0.3, -0.25) is 10.1 Å². The van der Waals surface area contributed by atoms with E-state index in [1.807, 2.05) is 6.07 Å². The summed E-state index contributed by atoms with van der Waals surface area (Å²) in [7, 11) is 0. The lowest BCUT2D eigenvalue weighted by Gasteiger charge is -2.07. The van der Waals surface area contributed by atoms with E-state index in [0.717, 1.165) is 0 Å². The Bertz CT molecular complexity index is 695. The number of non-ortho nitro benzene ring substituents is 1. The molecular formula is C14H9ClN2O3. The fourth-order valence-electron chi connectivity index (χ4n) is 1.58. The molecule has 0 aromatic heterocycles. The first-order valence-corrected chi connectivity index (χ1v) is 6.04. The summed E-state index contributed by atoms with van der Waals surface area (Å²) in [6.07, 6.45) is 0. The molecule has 0 spiro atoms. The van der Waals surface area contributed by atoms with Gasteiger partial charge in [0.25, 0.3) is 5.69 Å². The summed E-state index contributed by atoms with van der Waals surface area (Å²) in [6.45, 7) is 0.172. The van der Waals surface area contributed by atoms with E-state index in [4.69, 9.17) is 21.6 Å². The lowest BCUT2D eigenvalue weighted by atomic mass is 10.2. The largest absolute Gasteiger partial charge is 0.489 e. The molecule has 0 radical (unpaired) electrons. The van der Waals surface area contributed by atoms with Crippen LogP contribution in [0.25, 0.3) is 0 Å². The third-order valence-electron chi connectivity index (χ3n) is 2.60. The van der Waals surface area contributed by atoms with Crippen molar-refractivity contribution < 1.29 is 9.66 Å². The molecule has 0 amide bonds. The van der Waals surface area contributed by atoms with Gasteiger partial charge in [-0.15, -0.1) is 0 Å². The van der Waals surface area contributed by atoms with Crippen molar-refractivity contribution >= 4 is 17.3 Å². The Morgan fingerprint density at radius 3 is 2.75 bits per heavy atom. The zero-order valence-electron chi connectivity index (χ0n) is 10.2. The number of ether oxygens (including phenoxy) is 1. The number of nitro benzene ring substituents is 1. The van der Waals surface area contributed by atoms with Crippen LogP contribution in [0.15, 0.2) is 42.5 Å². The third kappa shape index (κ3) is 3.25. The van der Waals surface area contributed by atoms with Crippen LogP contribution in [0.3, 0.4) is 0 Å². The number of hydrogen-bond donors (Lipinski definition) is 0. The first-order chi connectivity index (χ1) is 9.60. The minimum atomic E-state index is -0.507. The van der Waals surface area contributed by atoms with E-state index in [1.165, 1.54) is 12.1 Å². The molecule has 100 valence electrons. The monoisotopic (exact) mass is 288 g/mol. The highest BCUT2D eigenvalue weighted by Crippen LogP contribution is 2.24. The molecule has 0 N–H and O–H groups in total.